The first-order valence-corrected chi connectivity index (χ1v) is 8.54. The molecule has 0 bridgehead atoms. The molecule has 3 N–H and O–H groups in total. The number of ether oxygens (including phenoxy) is 1. The first-order valence-electron chi connectivity index (χ1n) is 8.54. The van der Waals surface area contributed by atoms with Crippen LogP contribution in [-0.4, -0.2) is 75.8 Å². The van der Waals surface area contributed by atoms with Gasteiger partial charge in [-0.25, -0.2) is 0 Å². The van der Waals surface area contributed by atoms with E-state index in [1.165, 1.54) is 0 Å². The van der Waals surface area contributed by atoms with Gasteiger partial charge in [-0.15, -0.1) is 0 Å². The van der Waals surface area contributed by atoms with Crippen LogP contribution in [0.5, 0.6) is 0 Å². The van der Waals surface area contributed by atoms with Crippen LogP contribution in [0.4, 0.5) is 0 Å². The van der Waals surface area contributed by atoms with Gasteiger partial charge in [-0.2, -0.15) is 0 Å². The number of rotatable bonds is 7. The SMILES string of the molecule is CCNC(=NCCN1CCOCC1)NCCNC(=O)C(C)(C)C. The standard InChI is InChI=1S/C16H33N5O2/c1-5-17-15(19-7-6-18-14(22)16(2,3)4)20-8-9-21-10-12-23-13-11-21/h5-13H2,1-4H3,(H,18,22)(H2,17,19,20). The van der Waals surface area contributed by atoms with Crippen molar-refractivity contribution < 1.29 is 9.53 Å². The fourth-order valence-corrected chi connectivity index (χ4v) is 2.09. The number of nitrogens with one attached hydrogen (secondary N) is 3. The first kappa shape index (κ1) is 19.7. The predicted octanol–water partition coefficient (Wildman–Crippen LogP) is 0.0360. The molecule has 1 aliphatic heterocycles. The van der Waals surface area contributed by atoms with Crippen molar-refractivity contribution in [3.63, 3.8) is 0 Å². The number of aliphatic imine (C=N–C) groups is 1. The Hall–Kier alpha value is -1.34. The number of carbonyl (C=O) groups is 1. The zero-order chi connectivity index (χ0) is 17.1. The Kier molecular flexibility index (Phi) is 8.94. The third kappa shape index (κ3) is 8.76. The van der Waals surface area contributed by atoms with Gasteiger partial charge in [0, 0.05) is 44.7 Å². The third-order valence-corrected chi connectivity index (χ3v) is 3.52. The summed E-state index contributed by atoms with van der Waals surface area (Å²) in [6.45, 7) is 15.1. The van der Waals surface area contributed by atoms with Gasteiger partial charge in [0.15, 0.2) is 5.96 Å². The second-order valence-electron chi connectivity index (χ2n) is 6.65. The lowest BCUT2D eigenvalue weighted by Crippen LogP contribution is -2.44. The Bertz CT molecular complexity index is 373. The second kappa shape index (κ2) is 10.4. The molecule has 0 atom stereocenters. The lowest BCUT2D eigenvalue weighted by Gasteiger charge is -2.25. The summed E-state index contributed by atoms with van der Waals surface area (Å²) in [6, 6.07) is 0. The summed E-state index contributed by atoms with van der Waals surface area (Å²) in [7, 11) is 0. The lowest BCUT2D eigenvalue weighted by molar-refractivity contribution is -0.128. The minimum Gasteiger partial charge on any atom is -0.379 e. The van der Waals surface area contributed by atoms with Gasteiger partial charge in [-0.3, -0.25) is 14.7 Å². The molecular formula is C16H33N5O2. The molecule has 134 valence electrons. The highest BCUT2D eigenvalue weighted by atomic mass is 16.5. The van der Waals surface area contributed by atoms with Crippen LogP contribution in [0.15, 0.2) is 4.99 Å². The van der Waals surface area contributed by atoms with E-state index in [9.17, 15) is 4.79 Å². The highest BCUT2D eigenvalue weighted by molar-refractivity contribution is 5.81. The molecule has 0 saturated carbocycles. The molecule has 0 aromatic carbocycles. The number of hydrogen-bond donors (Lipinski definition) is 3. The van der Waals surface area contributed by atoms with Crippen LogP contribution in [-0.2, 0) is 9.53 Å². The normalized spacial score (nSPS) is 17.0. The maximum absolute atomic E-state index is 11.8. The molecule has 1 heterocycles. The third-order valence-electron chi connectivity index (χ3n) is 3.52. The highest BCUT2D eigenvalue weighted by Gasteiger charge is 2.20. The van der Waals surface area contributed by atoms with Gasteiger partial charge in [-0.1, -0.05) is 20.8 Å². The van der Waals surface area contributed by atoms with E-state index in [0.29, 0.717) is 13.1 Å². The van der Waals surface area contributed by atoms with E-state index in [2.05, 4.69) is 25.8 Å². The summed E-state index contributed by atoms with van der Waals surface area (Å²) in [5.74, 6) is 0.860. The van der Waals surface area contributed by atoms with E-state index in [1.807, 2.05) is 27.7 Å². The molecule has 0 spiro atoms. The Balaban J connectivity index is 2.24. The zero-order valence-electron chi connectivity index (χ0n) is 15.1. The van der Waals surface area contributed by atoms with Crippen molar-refractivity contribution in [3.8, 4) is 0 Å². The maximum atomic E-state index is 11.8. The van der Waals surface area contributed by atoms with Crippen molar-refractivity contribution in [3.05, 3.63) is 0 Å². The lowest BCUT2D eigenvalue weighted by atomic mass is 9.96. The van der Waals surface area contributed by atoms with Crippen LogP contribution in [0.1, 0.15) is 27.7 Å². The van der Waals surface area contributed by atoms with Gasteiger partial charge >= 0.3 is 0 Å². The fourth-order valence-electron chi connectivity index (χ4n) is 2.09. The average molecular weight is 327 g/mol. The molecule has 0 aromatic heterocycles. The van der Waals surface area contributed by atoms with E-state index in [1.54, 1.807) is 0 Å². The summed E-state index contributed by atoms with van der Waals surface area (Å²) >= 11 is 0. The summed E-state index contributed by atoms with van der Waals surface area (Å²) in [6.07, 6.45) is 0. The number of hydrogen-bond acceptors (Lipinski definition) is 4. The van der Waals surface area contributed by atoms with E-state index < -0.39 is 0 Å². The molecule has 7 heteroatoms. The van der Waals surface area contributed by atoms with E-state index in [-0.39, 0.29) is 11.3 Å². The van der Waals surface area contributed by atoms with E-state index in [4.69, 9.17) is 4.74 Å². The van der Waals surface area contributed by atoms with Gasteiger partial charge in [0.05, 0.1) is 19.8 Å². The molecule has 0 aliphatic carbocycles. The first-order chi connectivity index (χ1) is 10.9. The number of amides is 1. The molecule has 0 unspecified atom stereocenters. The minimum atomic E-state index is -0.350. The average Bonchev–Trinajstić information content (AvgIpc) is 2.51. The number of guanidine groups is 1. The summed E-state index contributed by atoms with van der Waals surface area (Å²) in [4.78, 5) is 18.7. The summed E-state index contributed by atoms with van der Waals surface area (Å²) in [5, 5.41) is 9.39. The monoisotopic (exact) mass is 327 g/mol. The largest absolute Gasteiger partial charge is 0.379 e. The molecule has 0 aromatic rings. The Labute approximate surface area is 140 Å². The van der Waals surface area contributed by atoms with Crippen LogP contribution in [0.2, 0.25) is 0 Å². The van der Waals surface area contributed by atoms with E-state index >= 15 is 0 Å². The molecule has 1 saturated heterocycles. The molecular weight excluding hydrogens is 294 g/mol. The van der Waals surface area contributed by atoms with Crippen molar-refractivity contribution in [2.24, 2.45) is 10.4 Å². The topological polar surface area (TPSA) is 78.0 Å². The molecule has 1 rings (SSSR count). The summed E-state index contributed by atoms with van der Waals surface area (Å²) < 4.78 is 5.34. The van der Waals surface area contributed by atoms with Crippen molar-refractivity contribution in [2.45, 2.75) is 27.7 Å². The zero-order valence-corrected chi connectivity index (χ0v) is 15.1. The summed E-state index contributed by atoms with van der Waals surface area (Å²) in [5.41, 5.74) is -0.350. The van der Waals surface area contributed by atoms with Crippen molar-refractivity contribution >= 4 is 11.9 Å². The van der Waals surface area contributed by atoms with Crippen molar-refractivity contribution in [1.82, 2.24) is 20.9 Å². The van der Waals surface area contributed by atoms with Crippen LogP contribution in [0.25, 0.3) is 0 Å². The van der Waals surface area contributed by atoms with Gasteiger partial charge in [0.1, 0.15) is 0 Å². The molecule has 0 radical (unpaired) electrons. The minimum absolute atomic E-state index is 0.0635. The van der Waals surface area contributed by atoms with Crippen molar-refractivity contribution in [1.29, 1.82) is 0 Å². The van der Waals surface area contributed by atoms with Crippen LogP contribution in [0, 0.1) is 5.41 Å². The molecule has 1 amide bonds. The Morgan fingerprint density at radius 3 is 2.39 bits per heavy atom. The quantitative estimate of drug-likeness (QED) is 0.349. The van der Waals surface area contributed by atoms with Gasteiger partial charge < -0.3 is 20.7 Å². The van der Waals surface area contributed by atoms with Gasteiger partial charge in [0.2, 0.25) is 5.91 Å². The van der Waals surface area contributed by atoms with Gasteiger partial charge in [0.25, 0.3) is 0 Å². The molecule has 23 heavy (non-hydrogen) atoms. The Morgan fingerprint density at radius 1 is 1.13 bits per heavy atom. The second-order valence-corrected chi connectivity index (χ2v) is 6.65. The number of morpholine rings is 1. The maximum Gasteiger partial charge on any atom is 0.225 e. The number of nitrogens with zero attached hydrogens (tertiary/aromatic N) is 2. The highest BCUT2D eigenvalue weighted by Crippen LogP contribution is 2.11. The fraction of sp³-hybridized carbons (Fsp3) is 0.875. The van der Waals surface area contributed by atoms with Crippen LogP contribution < -0.4 is 16.0 Å². The molecule has 1 aliphatic rings. The van der Waals surface area contributed by atoms with Gasteiger partial charge in [-0.05, 0) is 6.92 Å². The number of carbonyl (C=O) groups excluding carboxylic acids is 1. The van der Waals surface area contributed by atoms with E-state index in [0.717, 1.165) is 51.9 Å². The Morgan fingerprint density at radius 2 is 1.78 bits per heavy atom. The van der Waals surface area contributed by atoms with Crippen molar-refractivity contribution in [2.75, 3.05) is 59.0 Å². The molecule has 1 fully saturated rings. The predicted molar refractivity (Wildman–Crippen MR) is 93.7 cm³/mol. The van der Waals surface area contributed by atoms with Crippen LogP contribution >= 0.6 is 0 Å². The smallest absolute Gasteiger partial charge is 0.225 e. The van der Waals surface area contributed by atoms with Crippen LogP contribution in [0.3, 0.4) is 0 Å². The molecule has 7 nitrogen and oxygen atoms in total.